The zero-order chi connectivity index (χ0) is 11.2. The summed E-state index contributed by atoms with van der Waals surface area (Å²) in [5.41, 5.74) is 0. The number of fused-ring (bicyclic) bond motifs is 2. The van der Waals surface area contributed by atoms with E-state index < -0.39 is 18.2 Å². The number of halogens is 3. The molecule has 2 aliphatic rings. The van der Waals surface area contributed by atoms with Crippen molar-refractivity contribution >= 4 is 0 Å². The average Bonchev–Trinajstić information content (AvgIpc) is 2.33. The van der Waals surface area contributed by atoms with Crippen LogP contribution in [0.25, 0.3) is 0 Å². The molecule has 0 aliphatic carbocycles. The van der Waals surface area contributed by atoms with Crippen molar-refractivity contribution in [3.63, 3.8) is 0 Å². The number of rotatable bonds is 0. The van der Waals surface area contributed by atoms with Gasteiger partial charge in [-0.15, -0.1) is 0 Å². The van der Waals surface area contributed by atoms with Crippen molar-refractivity contribution in [2.24, 2.45) is 5.92 Å². The first-order chi connectivity index (χ1) is 6.89. The van der Waals surface area contributed by atoms with Gasteiger partial charge in [0, 0.05) is 12.1 Å². The Balaban J connectivity index is 2.16. The van der Waals surface area contributed by atoms with Crippen molar-refractivity contribution in [1.82, 2.24) is 4.90 Å². The third kappa shape index (κ3) is 1.99. The lowest BCUT2D eigenvalue weighted by Crippen LogP contribution is -2.36. The molecule has 0 aromatic rings. The first kappa shape index (κ1) is 11.2. The van der Waals surface area contributed by atoms with Crippen LogP contribution in [-0.4, -0.2) is 41.4 Å². The summed E-state index contributed by atoms with van der Waals surface area (Å²) in [6.45, 7) is 0. The molecule has 5 heteroatoms. The molecule has 88 valence electrons. The van der Waals surface area contributed by atoms with Crippen LogP contribution in [-0.2, 0) is 0 Å². The predicted octanol–water partition coefficient (Wildman–Crippen LogP) is 1.78. The minimum atomic E-state index is -4.26. The van der Waals surface area contributed by atoms with Crippen LogP contribution in [0.5, 0.6) is 0 Å². The SMILES string of the molecule is CN1C2CCC1CC(C(F)(F)F)C(O)C2. The number of aliphatic hydroxyl groups excluding tert-OH is 1. The third-order valence-corrected chi connectivity index (χ3v) is 3.91. The summed E-state index contributed by atoms with van der Waals surface area (Å²) in [7, 11) is 1.87. The molecule has 0 saturated carbocycles. The van der Waals surface area contributed by atoms with E-state index in [1.165, 1.54) is 0 Å². The number of alkyl halides is 3. The normalized spacial score (nSPS) is 43.0. The molecule has 0 spiro atoms. The smallest absolute Gasteiger partial charge is 0.392 e. The van der Waals surface area contributed by atoms with E-state index >= 15 is 0 Å². The zero-order valence-electron chi connectivity index (χ0n) is 8.67. The molecule has 2 bridgehead atoms. The monoisotopic (exact) mass is 223 g/mol. The highest BCUT2D eigenvalue weighted by Crippen LogP contribution is 2.42. The maximum absolute atomic E-state index is 12.6. The van der Waals surface area contributed by atoms with E-state index in [9.17, 15) is 18.3 Å². The highest BCUT2D eigenvalue weighted by Gasteiger charge is 2.50. The predicted molar refractivity (Wildman–Crippen MR) is 49.4 cm³/mol. The van der Waals surface area contributed by atoms with Gasteiger partial charge >= 0.3 is 6.18 Å². The minimum Gasteiger partial charge on any atom is -0.392 e. The summed E-state index contributed by atoms with van der Waals surface area (Å²) >= 11 is 0. The van der Waals surface area contributed by atoms with E-state index in [0.717, 1.165) is 12.8 Å². The van der Waals surface area contributed by atoms with Crippen molar-refractivity contribution in [2.75, 3.05) is 7.05 Å². The molecule has 15 heavy (non-hydrogen) atoms. The zero-order valence-corrected chi connectivity index (χ0v) is 8.67. The van der Waals surface area contributed by atoms with E-state index in [0.29, 0.717) is 0 Å². The Morgan fingerprint density at radius 2 is 1.67 bits per heavy atom. The molecule has 2 rings (SSSR count). The molecule has 2 fully saturated rings. The van der Waals surface area contributed by atoms with Crippen LogP contribution >= 0.6 is 0 Å². The summed E-state index contributed by atoms with van der Waals surface area (Å²) < 4.78 is 37.9. The quantitative estimate of drug-likeness (QED) is 0.676. The third-order valence-electron chi connectivity index (χ3n) is 3.91. The van der Waals surface area contributed by atoms with Gasteiger partial charge in [0.25, 0.3) is 0 Å². The Hall–Kier alpha value is -0.290. The molecular weight excluding hydrogens is 207 g/mol. The summed E-state index contributed by atoms with van der Waals surface area (Å²) in [4.78, 5) is 2.01. The van der Waals surface area contributed by atoms with E-state index in [2.05, 4.69) is 0 Å². The topological polar surface area (TPSA) is 23.5 Å². The van der Waals surface area contributed by atoms with Gasteiger partial charge in [0.2, 0.25) is 0 Å². The highest BCUT2D eigenvalue weighted by atomic mass is 19.4. The molecule has 4 unspecified atom stereocenters. The van der Waals surface area contributed by atoms with Crippen LogP contribution in [0, 0.1) is 5.92 Å². The molecule has 2 saturated heterocycles. The second-order valence-electron chi connectivity index (χ2n) is 4.74. The fourth-order valence-electron chi connectivity index (χ4n) is 2.90. The van der Waals surface area contributed by atoms with E-state index in [-0.39, 0.29) is 24.9 Å². The molecular formula is C10H16F3NO. The fourth-order valence-corrected chi connectivity index (χ4v) is 2.90. The van der Waals surface area contributed by atoms with Gasteiger partial charge in [-0.2, -0.15) is 13.2 Å². The van der Waals surface area contributed by atoms with Gasteiger partial charge < -0.3 is 10.0 Å². The highest BCUT2D eigenvalue weighted by molar-refractivity contribution is 4.95. The van der Waals surface area contributed by atoms with Gasteiger partial charge in [-0.25, -0.2) is 0 Å². The minimum absolute atomic E-state index is 0.00113. The Labute approximate surface area is 87.1 Å². The fraction of sp³-hybridized carbons (Fsp3) is 1.00. The Morgan fingerprint density at radius 1 is 1.13 bits per heavy atom. The molecule has 0 aromatic heterocycles. The van der Waals surface area contributed by atoms with Gasteiger partial charge in [-0.3, -0.25) is 0 Å². The summed E-state index contributed by atoms with van der Waals surface area (Å²) in [5, 5.41) is 9.58. The lowest BCUT2D eigenvalue weighted by Gasteiger charge is -2.26. The lowest BCUT2D eigenvalue weighted by molar-refractivity contribution is -0.202. The number of hydrogen-bond acceptors (Lipinski definition) is 2. The number of aliphatic hydroxyl groups is 1. The molecule has 2 aliphatic heterocycles. The Kier molecular flexibility index (Phi) is 2.71. The molecule has 0 radical (unpaired) electrons. The van der Waals surface area contributed by atoms with Gasteiger partial charge in [-0.1, -0.05) is 0 Å². The number of hydrogen-bond donors (Lipinski definition) is 1. The molecule has 0 aromatic carbocycles. The largest absolute Gasteiger partial charge is 0.394 e. The summed E-state index contributed by atoms with van der Waals surface area (Å²) in [6, 6.07) is 0.135. The maximum Gasteiger partial charge on any atom is 0.394 e. The van der Waals surface area contributed by atoms with Gasteiger partial charge in [0.15, 0.2) is 0 Å². The van der Waals surface area contributed by atoms with Gasteiger partial charge in [0.05, 0.1) is 12.0 Å². The second-order valence-corrected chi connectivity index (χ2v) is 4.74. The molecule has 4 atom stereocenters. The summed E-state index contributed by atoms with van der Waals surface area (Å²) in [5.74, 6) is -1.53. The average molecular weight is 223 g/mol. The van der Waals surface area contributed by atoms with Crippen LogP contribution in [0.15, 0.2) is 0 Å². The van der Waals surface area contributed by atoms with Crippen molar-refractivity contribution in [3.05, 3.63) is 0 Å². The maximum atomic E-state index is 12.6. The van der Waals surface area contributed by atoms with E-state index in [4.69, 9.17) is 0 Å². The first-order valence-electron chi connectivity index (χ1n) is 5.36. The molecule has 2 heterocycles. The number of nitrogens with zero attached hydrogens (tertiary/aromatic N) is 1. The van der Waals surface area contributed by atoms with Crippen molar-refractivity contribution < 1.29 is 18.3 Å². The first-order valence-corrected chi connectivity index (χ1v) is 5.36. The second kappa shape index (κ2) is 3.63. The van der Waals surface area contributed by atoms with Crippen molar-refractivity contribution in [3.8, 4) is 0 Å². The van der Waals surface area contributed by atoms with Crippen molar-refractivity contribution in [2.45, 2.75) is 50.0 Å². The van der Waals surface area contributed by atoms with Crippen LogP contribution in [0.4, 0.5) is 13.2 Å². The van der Waals surface area contributed by atoms with Crippen LogP contribution < -0.4 is 0 Å². The Bertz CT molecular complexity index is 243. The molecule has 2 nitrogen and oxygen atoms in total. The molecule has 0 amide bonds. The summed E-state index contributed by atoms with van der Waals surface area (Å²) in [6.07, 6.45) is -3.41. The van der Waals surface area contributed by atoms with Crippen LogP contribution in [0.1, 0.15) is 25.7 Å². The van der Waals surface area contributed by atoms with E-state index in [1.807, 2.05) is 11.9 Å². The van der Waals surface area contributed by atoms with Gasteiger partial charge in [-0.05, 0) is 32.7 Å². The van der Waals surface area contributed by atoms with E-state index in [1.54, 1.807) is 0 Å². The Morgan fingerprint density at radius 3 is 2.20 bits per heavy atom. The lowest BCUT2D eigenvalue weighted by atomic mass is 9.88. The van der Waals surface area contributed by atoms with Crippen LogP contribution in [0.2, 0.25) is 0 Å². The standard InChI is InChI=1S/C10H16F3NO/c1-14-6-2-3-7(14)5-9(15)8(4-6)10(11,12)13/h6-9,15H,2-5H2,1H3. The van der Waals surface area contributed by atoms with Gasteiger partial charge in [0.1, 0.15) is 0 Å². The van der Waals surface area contributed by atoms with Crippen molar-refractivity contribution in [1.29, 1.82) is 0 Å². The molecule has 1 N–H and O–H groups in total. The van der Waals surface area contributed by atoms with Crippen LogP contribution in [0.3, 0.4) is 0 Å².